The van der Waals surface area contributed by atoms with E-state index in [0.29, 0.717) is 0 Å². The first-order valence-corrected chi connectivity index (χ1v) is 3.63. The average Bonchev–Trinajstić information content (AvgIpc) is 2.05. The summed E-state index contributed by atoms with van der Waals surface area (Å²) >= 11 is 0. The number of hydrogen-bond acceptors (Lipinski definition) is 6. The molecule has 0 spiro atoms. The standard InChI is InChI=1S/C5H12N4O4/c1-6-4-3-5(7-2,8(10)11)9(12)13/h6-7H,3-4H2,1-2H3. The van der Waals surface area contributed by atoms with Gasteiger partial charge in [-0.15, -0.1) is 0 Å². The summed E-state index contributed by atoms with van der Waals surface area (Å²) in [5.41, 5.74) is 0. The Balaban J connectivity index is 4.66. The number of nitrogens with one attached hydrogen (secondary N) is 2. The summed E-state index contributed by atoms with van der Waals surface area (Å²) < 4.78 is 0. The van der Waals surface area contributed by atoms with Crippen LogP contribution >= 0.6 is 0 Å². The van der Waals surface area contributed by atoms with Gasteiger partial charge >= 0.3 is 5.79 Å². The first kappa shape index (κ1) is 11.7. The maximum atomic E-state index is 10.5. The van der Waals surface area contributed by atoms with E-state index in [9.17, 15) is 20.2 Å². The van der Waals surface area contributed by atoms with Crippen LogP contribution in [-0.2, 0) is 0 Å². The highest BCUT2D eigenvalue weighted by atomic mass is 16.7. The van der Waals surface area contributed by atoms with Crippen molar-refractivity contribution < 1.29 is 9.85 Å². The molecule has 0 unspecified atom stereocenters. The average molecular weight is 192 g/mol. The molecule has 0 fully saturated rings. The molecule has 8 nitrogen and oxygen atoms in total. The van der Waals surface area contributed by atoms with Gasteiger partial charge in [-0.05, 0) is 14.1 Å². The SMILES string of the molecule is CNCCC(NC)([N+](=O)[O-])[N+](=O)[O-]. The molecule has 0 amide bonds. The van der Waals surface area contributed by atoms with Crippen molar-refractivity contribution >= 4 is 0 Å². The van der Waals surface area contributed by atoms with Crippen LogP contribution in [0.15, 0.2) is 0 Å². The predicted molar refractivity (Wildman–Crippen MR) is 44.3 cm³/mol. The van der Waals surface area contributed by atoms with E-state index in [0.717, 1.165) is 0 Å². The van der Waals surface area contributed by atoms with Gasteiger partial charge in [-0.3, -0.25) is 20.2 Å². The molecule has 0 radical (unpaired) electrons. The van der Waals surface area contributed by atoms with E-state index in [-0.39, 0.29) is 13.0 Å². The van der Waals surface area contributed by atoms with Crippen LogP contribution in [0.5, 0.6) is 0 Å². The van der Waals surface area contributed by atoms with Gasteiger partial charge in [-0.2, -0.15) is 5.32 Å². The molecule has 0 aromatic carbocycles. The molecule has 0 rings (SSSR count). The molecule has 0 atom stereocenters. The highest BCUT2D eigenvalue weighted by molar-refractivity contribution is 4.62. The molecule has 0 aliphatic rings. The smallest absolute Gasteiger partial charge is 0.319 e. The number of hydrogen-bond donors (Lipinski definition) is 2. The van der Waals surface area contributed by atoms with Crippen molar-refractivity contribution in [2.45, 2.75) is 12.2 Å². The Labute approximate surface area is 74.6 Å². The summed E-state index contributed by atoms with van der Waals surface area (Å²) in [5.74, 6) is -2.27. The molecule has 2 N–H and O–H groups in total. The van der Waals surface area contributed by atoms with Gasteiger partial charge in [0.25, 0.3) is 0 Å². The van der Waals surface area contributed by atoms with Crippen LogP contribution in [-0.4, -0.2) is 36.3 Å². The van der Waals surface area contributed by atoms with E-state index >= 15 is 0 Å². The van der Waals surface area contributed by atoms with E-state index in [1.54, 1.807) is 7.05 Å². The molecule has 0 aromatic rings. The third-order valence-electron chi connectivity index (χ3n) is 1.73. The van der Waals surface area contributed by atoms with Gasteiger partial charge in [0, 0.05) is 6.54 Å². The second-order valence-corrected chi connectivity index (χ2v) is 2.43. The molecular weight excluding hydrogens is 180 g/mol. The quantitative estimate of drug-likeness (QED) is 0.318. The van der Waals surface area contributed by atoms with E-state index in [1.165, 1.54) is 7.05 Å². The lowest BCUT2D eigenvalue weighted by Crippen LogP contribution is -2.57. The maximum absolute atomic E-state index is 10.5. The highest BCUT2D eigenvalue weighted by Crippen LogP contribution is 2.10. The van der Waals surface area contributed by atoms with Crippen molar-refractivity contribution in [2.24, 2.45) is 0 Å². The molecule has 0 bridgehead atoms. The minimum atomic E-state index is -2.27. The van der Waals surface area contributed by atoms with E-state index in [4.69, 9.17) is 0 Å². The summed E-state index contributed by atoms with van der Waals surface area (Å²) in [6, 6.07) is 0. The van der Waals surface area contributed by atoms with Crippen LogP contribution < -0.4 is 10.6 Å². The lowest BCUT2D eigenvalue weighted by atomic mass is 10.2. The van der Waals surface area contributed by atoms with Gasteiger partial charge in [0.05, 0.1) is 0 Å². The summed E-state index contributed by atoms with van der Waals surface area (Å²) in [4.78, 5) is 19.1. The van der Waals surface area contributed by atoms with Gasteiger partial charge in [0.15, 0.2) is 0 Å². The monoisotopic (exact) mass is 192 g/mol. The van der Waals surface area contributed by atoms with Crippen LogP contribution in [0.25, 0.3) is 0 Å². The van der Waals surface area contributed by atoms with Crippen molar-refractivity contribution in [3.05, 3.63) is 20.2 Å². The van der Waals surface area contributed by atoms with Crippen LogP contribution in [0.1, 0.15) is 6.42 Å². The Morgan fingerprint density at radius 3 is 1.92 bits per heavy atom. The van der Waals surface area contributed by atoms with Gasteiger partial charge in [0.1, 0.15) is 16.3 Å². The minimum absolute atomic E-state index is 0.197. The van der Waals surface area contributed by atoms with E-state index in [1.807, 2.05) is 0 Å². The second-order valence-electron chi connectivity index (χ2n) is 2.43. The minimum Gasteiger partial charge on any atom is -0.319 e. The lowest BCUT2D eigenvalue weighted by Gasteiger charge is -2.15. The zero-order chi connectivity index (χ0) is 10.5. The van der Waals surface area contributed by atoms with Crippen molar-refractivity contribution in [3.8, 4) is 0 Å². The summed E-state index contributed by atoms with van der Waals surface area (Å²) in [6.07, 6.45) is -0.208. The van der Waals surface area contributed by atoms with Crippen LogP contribution in [0.4, 0.5) is 0 Å². The van der Waals surface area contributed by atoms with Gasteiger partial charge < -0.3 is 5.32 Å². The molecule has 13 heavy (non-hydrogen) atoms. The Morgan fingerprint density at radius 2 is 1.69 bits per heavy atom. The van der Waals surface area contributed by atoms with Gasteiger partial charge in [0.2, 0.25) is 0 Å². The van der Waals surface area contributed by atoms with Crippen molar-refractivity contribution in [3.63, 3.8) is 0 Å². The zero-order valence-electron chi connectivity index (χ0n) is 7.44. The fourth-order valence-electron chi connectivity index (χ4n) is 0.856. The topological polar surface area (TPSA) is 110 Å². The number of rotatable bonds is 6. The summed E-state index contributed by atoms with van der Waals surface area (Å²) in [7, 11) is 2.77. The molecule has 0 heterocycles. The Morgan fingerprint density at radius 1 is 1.23 bits per heavy atom. The van der Waals surface area contributed by atoms with Gasteiger partial charge in [-0.1, -0.05) is 0 Å². The largest absolute Gasteiger partial charge is 0.521 e. The Bertz CT molecular complexity index is 193. The first-order chi connectivity index (χ1) is 6.01. The Kier molecular flexibility index (Phi) is 4.21. The van der Waals surface area contributed by atoms with Crippen molar-refractivity contribution in [1.29, 1.82) is 0 Å². The maximum Gasteiger partial charge on any atom is 0.521 e. The predicted octanol–water partition coefficient (Wildman–Crippen LogP) is -0.977. The number of nitro groups is 2. The summed E-state index contributed by atoms with van der Waals surface area (Å²) in [6.45, 7) is 0.197. The first-order valence-electron chi connectivity index (χ1n) is 3.63. The zero-order valence-corrected chi connectivity index (χ0v) is 7.44. The molecule has 8 heteroatoms. The summed E-state index contributed by atoms with van der Waals surface area (Å²) in [5, 5.41) is 25.7. The van der Waals surface area contributed by atoms with Crippen LogP contribution in [0.3, 0.4) is 0 Å². The van der Waals surface area contributed by atoms with Crippen molar-refractivity contribution in [2.75, 3.05) is 20.6 Å². The second kappa shape index (κ2) is 4.67. The fourth-order valence-corrected chi connectivity index (χ4v) is 0.856. The van der Waals surface area contributed by atoms with Crippen molar-refractivity contribution in [1.82, 2.24) is 10.6 Å². The molecule has 0 aliphatic heterocycles. The normalized spacial score (nSPS) is 11.2. The van der Waals surface area contributed by atoms with E-state index < -0.39 is 15.6 Å². The third kappa shape index (κ3) is 2.33. The fraction of sp³-hybridized carbons (Fsp3) is 1.00. The molecule has 0 aromatic heterocycles. The van der Waals surface area contributed by atoms with Crippen LogP contribution in [0, 0.1) is 20.2 Å². The number of nitrogens with zero attached hydrogens (tertiary/aromatic N) is 2. The van der Waals surface area contributed by atoms with E-state index in [2.05, 4.69) is 10.6 Å². The lowest BCUT2D eigenvalue weighted by molar-refractivity contribution is -0.804. The van der Waals surface area contributed by atoms with Gasteiger partial charge in [-0.25, -0.2) is 0 Å². The molecule has 0 saturated carbocycles. The molecule has 0 aliphatic carbocycles. The molecular formula is C5H12N4O4. The molecule has 0 saturated heterocycles. The van der Waals surface area contributed by atoms with Crippen LogP contribution in [0.2, 0.25) is 0 Å². The molecule has 76 valence electrons. The highest BCUT2D eigenvalue weighted by Gasteiger charge is 2.54. The Hall–Kier alpha value is -1.28. The third-order valence-corrected chi connectivity index (χ3v) is 1.73.